The molecular formula is C18H19N5O3S2. The Kier molecular flexibility index (Phi) is 4.67. The number of amides is 1. The molecule has 1 atom stereocenters. The van der Waals surface area contributed by atoms with Crippen molar-refractivity contribution in [1.29, 1.82) is 0 Å². The molecule has 4 heterocycles. The van der Waals surface area contributed by atoms with Crippen LogP contribution in [0.3, 0.4) is 0 Å². The molecule has 2 fully saturated rings. The standard InChI is InChI=1S/C18H19N5O3S2/c24-14-7-13(19-18-23(14)5-6-28-18)9-27-10-15(25)22-4-3-12(8-22)17-20-16(21-26-17)11-1-2-11/h5-7,11-12H,1-4,8-10H2/t12-/m1/s1. The first kappa shape index (κ1) is 17.9. The highest BCUT2D eigenvalue weighted by molar-refractivity contribution is 7.99. The van der Waals surface area contributed by atoms with Crippen molar-refractivity contribution in [1.82, 2.24) is 24.4 Å². The number of likely N-dealkylation sites (tertiary alicyclic amines) is 1. The number of carbonyl (C=O) groups is 1. The molecule has 146 valence electrons. The SMILES string of the molecule is O=C(CSCc1cc(=O)n2ccsc2n1)N1CC[C@@H](c2nc(C3CC3)no2)C1. The molecule has 3 aromatic heterocycles. The van der Waals surface area contributed by atoms with Gasteiger partial charge >= 0.3 is 0 Å². The minimum Gasteiger partial charge on any atom is -0.341 e. The first-order valence-electron chi connectivity index (χ1n) is 9.32. The Balaban J connectivity index is 1.14. The van der Waals surface area contributed by atoms with Crippen molar-refractivity contribution in [3.05, 3.63) is 45.4 Å². The molecule has 1 aliphatic heterocycles. The summed E-state index contributed by atoms with van der Waals surface area (Å²) in [5, 5.41) is 5.91. The molecule has 3 aromatic rings. The number of aromatic nitrogens is 4. The van der Waals surface area contributed by atoms with Crippen LogP contribution in [0.2, 0.25) is 0 Å². The molecule has 2 aliphatic rings. The molecule has 8 nitrogen and oxygen atoms in total. The fraction of sp³-hybridized carbons (Fsp3) is 0.500. The largest absolute Gasteiger partial charge is 0.341 e. The molecule has 28 heavy (non-hydrogen) atoms. The smallest absolute Gasteiger partial charge is 0.258 e. The number of thiazole rings is 1. The zero-order valence-electron chi connectivity index (χ0n) is 15.1. The third kappa shape index (κ3) is 3.58. The van der Waals surface area contributed by atoms with Crippen LogP contribution in [-0.2, 0) is 10.5 Å². The molecule has 0 spiro atoms. The van der Waals surface area contributed by atoms with E-state index in [4.69, 9.17) is 4.52 Å². The highest BCUT2D eigenvalue weighted by Crippen LogP contribution is 2.39. The van der Waals surface area contributed by atoms with Crippen LogP contribution < -0.4 is 5.56 Å². The van der Waals surface area contributed by atoms with Crippen molar-refractivity contribution >= 4 is 34.0 Å². The minimum absolute atomic E-state index is 0.0827. The zero-order valence-corrected chi connectivity index (χ0v) is 16.7. The highest BCUT2D eigenvalue weighted by atomic mass is 32.2. The topological polar surface area (TPSA) is 93.6 Å². The summed E-state index contributed by atoms with van der Waals surface area (Å²) in [4.78, 5) is 36.1. The van der Waals surface area contributed by atoms with Crippen LogP contribution in [0.25, 0.3) is 4.96 Å². The Labute approximate surface area is 169 Å². The lowest BCUT2D eigenvalue weighted by atomic mass is 10.1. The second-order valence-electron chi connectivity index (χ2n) is 7.22. The normalized spacial score (nSPS) is 19.6. The van der Waals surface area contributed by atoms with Crippen molar-refractivity contribution in [2.24, 2.45) is 0 Å². The molecule has 0 N–H and O–H groups in total. The Morgan fingerprint density at radius 2 is 2.18 bits per heavy atom. The van der Waals surface area contributed by atoms with E-state index >= 15 is 0 Å². The van der Waals surface area contributed by atoms with Crippen molar-refractivity contribution < 1.29 is 9.32 Å². The number of hydrogen-bond donors (Lipinski definition) is 0. The number of carbonyl (C=O) groups excluding carboxylic acids is 1. The maximum atomic E-state index is 12.5. The predicted octanol–water partition coefficient (Wildman–Crippen LogP) is 2.27. The van der Waals surface area contributed by atoms with E-state index in [1.54, 1.807) is 6.20 Å². The minimum atomic E-state index is -0.0827. The van der Waals surface area contributed by atoms with Gasteiger partial charge in [-0.25, -0.2) is 4.98 Å². The molecule has 1 amide bonds. The lowest BCUT2D eigenvalue weighted by Gasteiger charge is -2.15. The lowest BCUT2D eigenvalue weighted by molar-refractivity contribution is -0.127. The number of hydrogen-bond acceptors (Lipinski definition) is 8. The number of rotatable bonds is 6. The van der Waals surface area contributed by atoms with Gasteiger partial charge in [0, 0.05) is 42.4 Å². The summed E-state index contributed by atoms with van der Waals surface area (Å²) >= 11 is 2.91. The van der Waals surface area contributed by atoms with Gasteiger partial charge in [0.1, 0.15) is 0 Å². The Morgan fingerprint density at radius 1 is 1.29 bits per heavy atom. The van der Waals surface area contributed by atoms with Gasteiger partial charge in [0.15, 0.2) is 10.8 Å². The van der Waals surface area contributed by atoms with E-state index < -0.39 is 0 Å². The summed E-state index contributed by atoms with van der Waals surface area (Å²) in [6, 6.07) is 1.54. The summed E-state index contributed by atoms with van der Waals surface area (Å²) in [5.74, 6) is 3.11. The first-order chi connectivity index (χ1) is 13.7. The monoisotopic (exact) mass is 417 g/mol. The van der Waals surface area contributed by atoms with Crippen LogP contribution in [0.15, 0.2) is 27.0 Å². The molecule has 10 heteroatoms. The van der Waals surface area contributed by atoms with Gasteiger partial charge in [-0.05, 0) is 19.3 Å². The van der Waals surface area contributed by atoms with E-state index in [2.05, 4.69) is 15.1 Å². The van der Waals surface area contributed by atoms with Gasteiger partial charge in [0.2, 0.25) is 11.8 Å². The van der Waals surface area contributed by atoms with Crippen molar-refractivity contribution in [2.75, 3.05) is 18.8 Å². The van der Waals surface area contributed by atoms with Crippen molar-refractivity contribution in [3.63, 3.8) is 0 Å². The van der Waals surface area contributed by atoms with E-state index in [0.717, 1.165) is 25.1 Å². The molecule has 0 bridgehead atoms. The maximum absolute atomic E-state index is 12.5. The van der Waals surface area contributed by atoms with Gasteiger partial charge < -0.3 is 9.42 Å². The highest BCUT2D eigenvalue weighted by Gasteiger charge is 2.34. The molecule has 1 aliphatic carbocycles. The average Bonchev–Trinajstić information content (AvgIpc) is 3.11. The second-order valence-corrected chi connectivity index (χ2v) is 9.08. The Morgan fingerprint density at radius 3 is 3.04 bits per heavy atom. The summed E-state index contributed by atoms with van der Waals surface area (Å²) in [7, 11) is 0. The Bertz CT molecular complexity index is 1070. The fourth-order valence-electron chi connectivity index (χ4n) is 3.40. The summed E-state index contributed by atoms with van der Waals surface area (Å²) in [6.07, 6.45) is 4.87. The molecule has 0 unspecified atom stereocenters. The van der Waals surface area contributed by atoms with Gasteiger partial charge in [-0.3, -0.25) is 14.0 Å². The van der Waals surface area contributed by atoms with Crippen LogP contribution in [0.5, 0.6) is 0 Å². The van der Waals surface area contributed by atoms with Crippen LogP contribution in [0.4, 0.5) is 0 Å². The first-order valence-corrected chi connectivity index (χ1v) is 11.4. The summed E-state index contributed by atoms with van der Waals surface area (Å²) < 4.78 is 6.94. The van der Waals surface area contributed by atoms with Crippen LogP contribution in [-0.4, -0.2) is 49.2 Å². The predicted molar refractivity (Wildman–Crippen MR) is 106 cm³/mol. The van der Waals surface area contributed by atoms with Gasteiger partial charge in [-0.1, -0.05) is 5.16 Å². The number of thioether (sulfide) groups is 1. The molecule has 5 rings (SSSR count). The average molecular weight is 418 g/mol. The molecular weight excluding hydrogens is 398 g/mol. The molecule has 0 aromatic carbocycles. The van der Waals surface area contributed by atoms with Crippen LogP contribution in [0, 0.1) is 0 Å². The number of fused-ring (bicyclic) bond motifs is 1. The second kappa shape index (κ2) is 7.32. The summed E-state index contributed by atoms with van der Waals surface area (Å²) in [6.45, 7) is 1.35. The van der Waals surface area contributed by atoms with Gasteiger partial charge in [0.25, 0.3) is 5.56 Å². The molecule has 1 saturated carbocycles. The summed E-state index contributed by atoms with van der Waals surface area (Å²) in [5.41, 5.74) is 0.628. The van der Waals surface area contributed by atoms with Crippen molar-refractivity contribution in [3.8, 4) is 0 Å². The molecule has 0 radical (unpaired) electrons. The Hall–Kier alpha value is -2.20. The van der Waals surface area contributed by atoms with Crippen molar-refractivity contribution in [2.45, 2.75) is 36.9 Å². The van der Waals surface area contributed by atoms with E-state index in [-0.39, 0.29) is 17.4 Å². The van der Waals surface area contributed by atoms with E-state index in [1.165, 1.54) is 33.6 Å². The quantitative estimate of drug-likeness (QED) is 0.607. The van der Waals surface area contributed by atoms with E-state index in [9.17, 15) is 9.59 Å². The van der Waals surface area contributed by atoms with Gasteiger partial charge in [-0.15, -0.1) is 23.1 Å². The third-order valence-electron chi connectivity index (χ3n) is 5.12. The third-order valence-corrected chi connectivity index (χ3v) is 6.83. The fourth-order valence-corrected chi connectivity index (χ4v) is 4.96. The lowest BCUT2D eigenvalue weighted by Crippen LogP contribution is -2.30. The zero-order chi connectivity index (χ0) is 19.1. The van der Waals surface area contributed by atoms with E-state index in [1.807, 2.05) is 10.3 Å². The maximum Gasteiger partial charge on any atom is 0.258 e. The van der Waals surface area contributed by atoms with Crippen LogP contribution >= 0.6 is 23.1 Å². The number of nitrogens with zero attached hydrogens (tertiary/aromatic N) is 5. The van der Waals surface area contributed by atoms with Gasteiger partial charge in [-0.2, -0.15) is 4.98 Å². The van der Waals surface area contributed by atoms with Crippen LogP contribution in [0.1, 0.15) is 48.5 Å². The van der Waals surface area contributed by atoms with E-state index in [0.29, 0.717) is 47.1 Å². The molecule has 1 saturated heterocycles. The van der Waals surface area contributed by atoms with Gasteiger partial charge in [0.05, 0.1) is 17.4 Å².